The van der Waals surface area contributed by atoms with Gasteiger partial charge in [0.05, 0.1) is 6.61 Å². The van der Waals surface area contributed by atoms with Gasteiger partial charge < -0.3 is 15.4 Å². The van der Waals surface area contributed by atoms with Crippen molar-refractivity contribution in [1.82, 2.24) is 4.90 Å². The Hall–Kier alpha value is -1.10. The van der Waals surface area contributed by atoms with Crippen molar-refractivity contribution in [3.63, 3.8) is 0 Å². The summed E-state index contributed by atoms with van der Waals surface area (Å²) in [6.45, 7) is 7.37. The molecule has 0 radical (unpaired) electrons. The van der Waals surface area contributed by atoms with Gasteiger partial charge in [-0.1, -0.05) is 26.7 Å². The maximum absolute atomic E-state index is 12.1. The van der Waals surface area contributed by atoms with E-state index in [0.717, 1.165) is 25.7 Å². The van der Waals surface area contributed by atoms with Crippen LogP contribution in [0.15, 0.2) is 0 Å². The summed E-state index contributed by atoms with van der Waals surface area (Å²) in [5.74, 6) is -0.962. The van der Waals surface area contributed by atoms with Crippen molar-refractivity contribution in [3.05, 3.63) is 0 Å². The van der Waals surface area contributed by atoms with E-state index in [0.29, 0.717) is 13.1 Å². The number of carbonyl (C=O) groups is 2. The molecular formula is C13H26N2O3. The minimum atomic E-state index is -1.18. The van der Waals surface area contributed by atoms with E-state index >= 15 is 0 Å². The van der Waals surface area contributed by atoms with Crippen LogP contribution >= 0.6 is 0 Å². The van der Waals surface area contributed by atoms with Crippen molar-refractivity contribution in [2.24, 2.45) is 5.73 Å². The predicted octanol–water partition coefficient (Wildman–Crippen LogP) is 1.31. The highest BCUT2D eigenvalue weighted by Gasteiger charge is 2.27. The number of unbranched alkanes of at least 4 members (excludes halogenated alkanes) is 2. The Kier molecular flexibility index (Phi) is 9.28. The van der Waals surface area contributed by atoms with E-state index in [2.05, 4.69) is 13.8 Å². The van der Waals surface area contributed by atoms with E-state index in [1.807, 2.05) is 0 Å². The van der Waals surface area contributed by atoms with Crippen LogP contribution in [0.5, 0.6) is 0 Å². The quantitative estimate of drug-likeness (QED) is 0.500. The van der Waals surface area contributed by atoms with Crippen LogP contribution in [0.25, 0.3) is 0 Å². The summed E-state index contributed by atoms with van der Waals surface area (Å²) >= 11 is 0. The number of nitrogens with zero attached hydrogens (tertiary/aromatic N) is 1. The second kappa shape index (κ2) is 9.88. The summed E-state index contributed by atoms with van der Waals surface area (Å²) in [6, 6.07) is -1.18. The molecule has 1 atom stereocenters. The lowest BCUT2D eigenvalue weighted by molar-refractivity contribution is -0.151. The molecule has 106 valence electrons. The van der Waals surface area contributed by atoms with Gasteiger partial charge in [-0.3, -0.25) is 4.79 Å². The highest BCUT2D eigenvalue weighted by molar-refractivity contribution is 6.01. The number of hydrogen-bond acceptors (Lipinski definition) is 4. The fourth-order valence-electron chi connectivity index (χ4n) is 1.56. The van der Waals surface area contributed by atoms with Crippen LogP contribution < -0.4 is 5.73 Å². The molecule has 0 aromatic heterocycles. The highest BCUT2D eigenvalue weighted by Crippen LogP contribution is 2.03. The van der Waals surface area contributed by atoms with Gasteiger partial charge in [0, 0.05) is 13.1 Å². The zero-order valence-electron chi connectivity index (χ0n) is 11.8. The first-order valence-corrected chi connectivity index (χ1v) is 6.79. The number of amides is 1. The molecule has 0 saturated carbocycles. The molecule has 0 aliphatic rings. The lowest BCUT2D eigenvalue weighted by Gasteiger charge is -2.24. The van der Waals surface area contributed by atoms with Crippen LogP contribution in [0.2, 0.25) is 0 Å². The molecular weight excluding hydrogens is 232 g/mol. The second-order valence-corrected chi connectivity index (χ2v) is 4.26. The monoisotopic (exact) mass is 258 g/mol. The highest BCUT2D eigenvalue weighted by atomic mass is 16.5. The molecule has 0 aliphatic heterocycles. The minimum Gasteiger partial charge on any atom is -0.464 e. The van der Waals surface area contributed by atoms with E-state index in [4.69, 9.17) is 10.5 Å². The largest absolute Gasteiger partial charge is 0.464 e. The standard InChI is InChI=1S/C13H26N2O3/c1-4-7-9-15(10-8-5-2)12(16)11(14)13(17)18-6-3/h11H,4-10,14H2,1-3H3. The van der Waals surface area contributed by atoms with Crippen LogP contribution in [-0.4, -0.2) is 42.5 Å². The van der Waals surface area contributed by atoms with Gasteiger partial charge in [-0.25, -0.2) is 4.79 Å². The molecule has 1 unspecified atom stereocenters. The minimum absolute atomic E-state index is 0.240. The molecule has 1 amide bonds. The van der Waals surface area contributed by atoms with E-state index in [1.165, 1.54) is 0 Å². The van der Waals surface area contributed by atoms with Gasteiger partial charge in [-0.2, -0.15) is 0 Å². The maximum Gasteiger partial charge on any atom is 0.332 e. The molecule has 2 N–H and O–H groups in total. The summed E-state index contributed by atoms with van der Waals surface area (Å²) in [5.41, 5.74) is 5.63. The number of hydrogen-bond donors (Lipinski definition) is 1. The Morgan fingerprint density at radius 2 is 1.61 bits per heavy atom. The summed E-state index contributed by atoms with van der Waals surface area (Å²) in [4.78, 5) is 25.2. The molecule has 0 fully saturated rings. The van der Waals surface area contributed by atoms with Crippen molar-refractivity contribution in [2.45, 2.75) is 52.5 Å². The third kappa shape index (κ3) is 6.00. The van der Waals surface area contributed by atoms with Gasteiger partial charge in [0.1, 0.15) is 0 Å². The molecule has 0 bridgehead atoms. The average Bonchev–Trinajstić information content (AvgIpc) is 2.37. The summed E-state index contributed by atoms with van der Waals surface area (Å²) in [7, 11) is 0. The molecule has 0 saturated heterocycles. The Morgan fingerprint density at radius 1 is 1.11 bits per heavy atom. The predicted molar refractivity (Wildman–Crippen MR) is 71.0 cm³/mol. The number of rotatable bonds is 9. The molecule has 18 heavy (non-hydrogen) atoms. The molecule has 5 nitrogen and oxygen atoms in total. The van der Waals surface area contributed by atoms with Gasteiger partial charge in [-0.15, -0.1) is 0 Å². The van der Waals surface area contributed by atoms with E-state index < -0.39 is 12.0 Å². The van der Waals surface area contributed by atoms with Crippen molar-refractivity contribution in [1.29, 1.82) is 0 Å². The van der Waals surface area contributed by atoms with Gasteiger partial charge in [0.25, 0.3) is 5.91 Å². The Balaban J connectivity index is 4.45. The first-order chi connectivity index (χ1) is 8.58. The topological polar surface area (TPSA) is 72.6 Å². The van der Waals surface area contributed by atoms with E-state index in [1.54, 1.807) is 11.8 Å². The molecule has 0 spiro atoms. The van der Waals surface area contributed by atoms with Crippen LogP contribution in [0.1, 0.15) is 46.5 Å². The number of esters is 1. The summed E-state index contributed by atoms with van der Waals surface area (Å²) < 4.78 is 4.77. The Labute approximate surface area is 110 Å². The fraction of sp³-hybridized carbons (Fsp3) is 0.846. The smallest absolute Gasteiger partial charge is 0.332 e. The SMILES string of the molecule is CCCCN(CCCC)C(=O)C(N)C(=O)OCC. The molecule has 0 aromatic carbocycles. The van der Waals surface area contributed by atoms with Crippen LogP contribution in [0.4, 0.5) is 0 Å². The third-order valence-corrected chi connectivity index (χ3v) is 2.68. The lowest BCUT2D eigenvalue weighted by atomic mass is 10.2. The van der Waals surface area contributed by atoms with Gasteiger partial charge >= 0.3 is 5.97 Å². The Bertz CT molecular complexity index is 249. The number of ether oxygens (including phenoxy) is 1. The van der Waals surface area contributed by atoms with Crippen molar-refractivity contribution in [2.75, 3.05) is 19.7 Å². The van der Waals surface area contributed by atoms with Crippen LogP contribution in [0, 0.1) is 0 Å². The van der Waals surface area contributed by atoms with Crippen molar-refractivity contribution < 1.29 is 14.3 Å². The zero-order chi connectivity index (χ0) is 14.0. The molecule has 0 rings (SSSR count). The first-order valence-electron chi connectivity index (χ1n) is 6.79. The third-order valence-electron chi connectivity index (χ3n) is 2.68. The van der Waals surface area contributed by atoms with Crippen LogP contribution in [-0.2, 0) is 14.3 Å². The fourth-order valence-corrected chi connectivity index (χ4v) is 1.56. The Morgan fingerprint density at radius 3 is 2.00 bits per heavy atom. The van der Waals surface area contributed by atoms with E-state index in [9.17, 15) is 9.59 Å². The van der Waals surface area contributed by atoms with Crippen molar-refractivity contribution in [3.8, 4) is 0 Å². The van der Waals surface area contributed by atoms with Gasteiger partial charge in [-0.05, 0) is 19.8 Å². The lowest BCUT2D eigenvalue weighted by Crippen LogP contribution is -2.49. The summed E-state index contributed by atoms with van der Waals surface area (Å²) in [5, 5.41) is 0. The van der Waals surface area contributed by atoms with Crippen molar-refractivity contribution >= 4 is 11.9 Å². The average molecular weight is 258 g/mol. The van der Waals surface area contributed by atoms with E-state index in [-0.39, 0.29) is 12.5 Å². The summed E-state index contributed by atoms with van der Waals surface area (Å²) in [6.07, 6.45) is 3.85. The molecule has 0 aliphatic carbocycles. The zero-order valence-corrected chi connectivity index (χ0v) is 11.8. The molecule has 5 heteroatoms. The number of carbonyl (C=O) groups excluding carboxylic acids is 2. The van der Waals surface area contributed by atoms with Gasteiger partial charge in [0.15, 0.2) is 6.04 Å². The first kappa shape index (κ1) is 16.9. The molecule has 0 heterocycles. The van der Waals surface area contributed by atoms with Gasteiger partial charge in [0.2, 0.25) is 0 Å². The maximum atomic E-state index is 12.1. The molecule has 0 aromatic rings. The number of nitrogens with two attached hydrogens (primary N) is 1. The van der Waals surface area contributed by atoms with Crippen LogP contribution in [0.3, 0.4) is 0 Å². The second-order valence-electron chi connectivity index (χ2n) is 4.26. The normalized spacial score (nSPS) is 12.0.